The molecule has 2 heterocycles. The second-order valence-corrected chi connectivity index (χ2v) is 10.3. The minimum absolute atomic E-state index is 0.0830. The van der Waals surface area contributed by atoms with Crippen LogP contribution in [0.1, 0.15) is 41.7 Å². The average molecular weight is 530 g/mol. The summed E-state index contributed by atoms with van der Waals surface area (Å²) in [6, 6.07) is 5.91. The molecule has 3 aliphatic carbocycles. The van der Waals surface area contributed by atoms with Gasteiger partial charge in [-0.3, -0.25) is 14.5 Å². The number of carbonyl (C=O) groups is 2. The third-order valence-electron chi connectivity index (χ3n) is 7.14. The van der Waals surface area contributed by atoms with Crippen molar-refractivity contribution in [2.24, 2.45) is 0 Å². The Bertz CT molecular complexity index is 1210. The number of rotatable bonds is 7. The number of pyridine rings is 1. The van der Waals surface area contributed by atoms with Crippen LogP contribution in [0.3, 0.4) is 0 Å². The van der Waals surface area contributed by atoms with E-state index in [0.717, 1.165) is 12.1 Å². The van der Waals surface area contributed by atoms with Crippen molar-refractivity contribution in [2.45, 2.75) is 55.2 Å². The van der Waals surface area contributed by atoms with E-state index in [9.17, 15) is 35.9 Å². The Balaban J connectivity index is 1.07. The maximum Gasteiger partial charge on any atom is 0.416 e. The van der Waals surface area contributed by atoms with Crippen LogP contribution in [0.15, 0.2) is 30.3 Å². The molecule has 6 rings (SSSR count). The standard InChI is InChI=1S/C24H24F6N4O3/c25-23(26,27)13-34-6-5-16(8-34)37-9-19(35)32-21-10-22(11-21,12-21)33-20(36)18-3-1-14-7-15(24(28,29)30)2-4-17(14)31-18/h1-4,7,16H,5-6,8-13H2,(H,32,35)(H,33,36)/t16-,21?,22?/m1/s1. The zero-order valence-electron chi connectivity index (χ0n) is 19.5. The summed E-state index contributed by atoms with van der Waals surface area (Å²) in [5.41, 5.74) is -1.37. The number of fused-ring (bicyclic) bond motifs is 1. The number of hydrogen-bond acceptors (Lipinski definition) is 5. The molecule has 200 valence electrons. The number of carbonyl (C=O) groups excluding carboxylic acids is 2. The van der Waals surface area contributed by atoms with Crippen LogP contribution in [-0.2, 0) is 15.7 Å². The van der Waals surface area contributed by atoms with Crippen LogP contribution in [-0.4, -0.2) is 71.3 Å². The third-order valence-corrected chi connectivity index (χ3v) is 7.14. The van der Waals surface area contributed by atoms with E-state index in [0.29, 0.717) is 25.7 Å². The van der Waals surface area contributed by atoms with Gasteiger partial charge in [0.25, 0.3) is 5.91 Å². The molecule has 2 aromatic rings. The van der Waals surface area contributed by atoms with Crippen LogP contribution in [0, 0.1) is 0 Å². The molecule has 1 saturated heterocycles. The van der Waals surface area contributed by atoms with Gasteiger partial charge in [-0.1, -0.05) is 6.07 Å². The monoisotopic (exact) mass is 530 g/mol. The number of aromatic nitrogens is 1. The van der Waals surface area contributed by atoms with E-state index in [-0.39, 0.29) is 42.2 Å². The van der Waals surface area contributed by atoms with Crippen molar-refractivity contribution in [1.82, 2.24) is 20.5 Å². The van der Waals surface area contributed by atoms with Gasteiger partial charge in [-0.15, -0.1) is 0 Å². The van der Waals surface area contributed by atoms with E-state index in [1.165, 1.54) is 23.1 Å². The van der Waals surface area contributed by atoms with Crippen molar-refractivity contribution in [2.75, 3.05) is 26.2 Å². The van der Waals surface area contributed by atoms with Crippen LogP contribution >= 0.6 is 0 Å². The fraction of sp³-hybridized carbons (Fsp3) is 0.542. The molecular formula is C24H24F6N4O3. The van der Waals surface area contributed by atoms with Gasteiger partial charge < -0.3 is 15.4 Å². The zero-order chi connectivity index (χ0) is 26.6. The van der Waals surface area contributed by atoms with Gasteiger partial charge in [0.2, 0.25) is 5.91 Å². The second kappa shape index (κ2) is 8.83. The Kier molecular flexibility index (Phi) is 6.13. The zero-order valence-corrected chi connectivity index (χ0v) is 19.5. The molecule has 1 aromatic heterocycles. The Labute approximate surface area is 207 Å². The molecule has 4 fully saturated rings. The number of amides is 2. The molecule has 1 aliphatic heterocycles. The highest BCUT2D eigenvalue weighted by atomic mass is 19.4. The van der Waals surface area contributed by atoms with E-state index in [4.69, 9.17) is 4.74 Å². The van der Waals surface area contributed by atoms with Crippen molar-refractivity contribution in [3.63, 3.8) is 0 Å². The number of alkyl halides is 6. The van der Waals surface area contributed by atoms with Gasteiger partial charge in [-0.05, 0) is 49.9 Å². The van der Waals surface area contributed by atoms with E-state index in [2.05, 4.69) is 15.6 Å². The van der Waals surface area contributed by atoms with Crippen LogP contribution < -0.4 is 10.6 Å². The second-order valence-electron chi connectivity index (χ2n) is 10.3. The molecule has 13 heteroatoms. The van der Waals surface area contributed by atoms with Crippen molar-refractivity contribution < 1.29 is 40.7 Å². The average Bonchev–Trinajstić information content (AvgIpc) is 3.19. The molecule has 3 saturated carbocycles. The van der Waals surface area contributed by atoms with Crippen molar-refractivity contribution in [3.8, 4) is 0 Å². The van der Waals surface area contributed by atoms with Crippen LogP contribution in [0.5, 0.6) is 0 Å². The van der Waals surface area contributed by atoms with Crippen LogP contribution in [0.25, 0.3) is 10.9 Å². The lowest BCUT2D eigenvalue weighted by molar-refractivity contribution is -0.148. The van der Waals surface area contributed by atoms with Crippen LogP contribution in [0.4, 0.5) is 26.3 Å². The largest absolute Gasteiger partial charge is 0.416 e. The van der Waals surface area contributed by atoms with E-state index in [1.807, 2.05) is 0 Å². The van der Waals surface area contributed by atoms with Crippen molar-refractivity contribution in [1.29, 1.82) is 0 Å². The topological polar surface area (TPSA) is 83.6 Å². The van der Waals surface area contributed by atoms with Gasteiger partial charge in [0.15, 0.2) is 0 Å². The minimum atomic E-state index is -4.47. The van der Waals surface area contributed by atoms with E-state index in [1.54, 1.807) is 0 Å². The number of hydrogen-bond donors (Lipinski definition) is 2. The lowest BCUT2D eigenvalue weighted by atomic mass is 9.44. The maximum atomic E-state index is 12.9. The molecule has 2 amide bonds. The molecular weight excluding hydrogens is 506 g/mol. The van der Waals surface area contributed by atoms with E-state index < -0.39 is 47.5 Å². The first-order chi connectivity index (χ1) is 17.2. The maximum absolute atomic E-state index is 12.9. The minimum Gasteiger partial charge on any atom is -0.367 e. The first-order valence-corrected chi connectivity index (χ1v) is 11.8. The molecule has 2 N–H and O–H groups in total. The summed E-state index contributed by atoms with van der Waals surface area (Å²) in [7, 11) is 0. The first kappa shape index (κ1) is 25.7. The number of nitrogens with one attached hydrogen (secondary N) is 2. The molecule has 1 aromatic carbocycles. The Morgan fingerprint density at radius 3 is 2.41 bits per heavy atom. The number of ether oxygens (including phenoxy) is 1. The Hall–Kier alpha value is -2.93. The van der Waals surface area contributed by atoms with Gasteiger partial charge in [-0.2, -0.15) is 26.3 Å². The third kappa shape index (κ3) is 5.52. The van der Waals surface area contributed by atoms with Gasteiger partial charge >= 0.3 is 12.4 Å². The first-order valence-electron chi connectivity index (χ1n) is 11.8. The molecule has 7 nitrogen and oxygen atoms in total. The highest BCUT2D eigenvalue weighted by Gasteiger charge is 2.69. The molecule has 0 unspecified atom stereocenters. The highest BCUT2D eigenvalue weighted by molar-refractivity contribution is 5.96. The van der Waals surface area contributed by atoms with Crippen LogP contribution in [0.2, 0.25) is 0 Å². The summed E-state index contributed by atoms with van der Waals surface area (Å²) in [5.74, 6) is -0.808. The summed E-state index contributed by atoms with van der Waals surface area (Å²) in [6.45, 7) is -0.857. The SMILES string of the molecule is O=C(CO[C@@H]1CCN(CC(F)(F)F)C1)NC12CC(NC(=O)c3ccc4cc(C(F)(F)F)ccc4n3)(C1)C2. The summed E-state index contributed by atoms with van der Waals surface area (Å²) in [6.07, 6.45) is -7.20. The van der Waals surface area contributed by atoms with Gasteiger partial charge in [-0.25, -0.2) is 4.98 Å². The van der Waals surface area contributed by atoms with E-state index >= 15 is 0 Å². The molecule has 2 bridgehead atoms. The Morgan fingerprint density at radius 1 is 1.03 bits per heavy atom. The predicted molar refractivity (Wildman–Crippen MR) is 119 cm³/mol. The Morgan fingerprint density at radius 2 is 1.73 bits per heavy atom. The molecule has 37 heavy (non-hydrogen) atoms. The molecule has 1 atom stereocenters. The van der Waals surface area contributed by atoms with Crippen molar-refractivity contribution >= 4 is 22.7 Å². The fourth-order valence-corrected chi connectivity index (χ4v) is 5.64. The normalized spacial score (nSPS) is 27.5. The summed E-state index contributed by atoms with van der Waals surface area (Å²) < 4.78 is 81.6. The molecule has 0 spiro atoms. The molecule has 4 aliphatic rings. The van der Waals surface area contributed by atoms with Gasteiger partial charge in [0, 0.05) is 29.6 Å². The quantitative estimate of drug-likeness (QED) is 0.537. The van der Waals surface area contributed by atoms with Gasteiger partial charge in [0.05, 0.1) is 23.7 Å². The van der Waals surface area contributed by atoms with Gasteiger partial charge in [0.1, 0.15) is 12.3 Å². The van der Waals surface area contributed by atoms with Crippen molar-refractivity contribution in [3.05, 3.63) is 41.6 Å². The summed E-state index contributed by atoms with van der Waals surface area (Å²) in [5, 5.41) is 6.08. The number of likely N-dealkylation sites (tertiary alicyclic amines) is 1. The predicted octanol–water partition coefficient (Wildman–Crippen LogP) is 3.43. The lowest BCUT2D eigenvalue weighted by Crippen LogP contribution is -2.84. The fourth-order valence-electron chi connectivity index (χ4n) is 5.64. The summed E-state index contributed by atoms with van der Waals surface area (Å²) in [4.78, 5) is 30.4. The number of nitrogens with zero attached hydrogens (tertiary/aromatic N) is 2. The molecule has 0 radical (unpaired) electrons. The number of benzene rings is 1. The number of halogens is 6. The smallest absolute Gasteiger partial charge is 0.367 e. The lowest BCUT2D eigenvalue weighted by Gasteiger charge is -2.70. The highest BCUT2D eigenvalue weighted by Crippen LogP contribution is 2.60. The summed E-state index contributed by atoms with van der Waals surface area (Å²) >= 11 is 0.